The van der Waals surface area contributed by atoms with Crippen LogP contribution >= 0.6 is 0 Å². The number of halogens is 1. The van der Waals surface area contributed by atoms with Gasteiger partial charge in [-0.25, -0.2) is 4.39 Å². The van der Waals surface area contributed by atoms with Crippen molar-refractivity contribution < 1.29 is 14.2 Å². The Hall–Kier alpha value is -1.13. The van der Waals surface area contributed by atoms with Gasteiger partial charge in [-0.15, -0.1) is 0 Å². The molecular formula is C12H18FNO2. The molecule has 0 aliphatic rings. The number of aliphatic hydroxyl groups is 1. The Morgan fingerprint density at radius 3 is 2.81 bits per heavy atom. The molecule has 0 radical (unpaired) electrons. The van der Waals surface area contributed by atoms with Crippen molar-refractivity contribution in [2.45, 2.75) is 25.8 Å². The molecule has 0 amide bonds. The van der Waals surface area contributed by atoms with E-state index in [0.717, 1.165) is 5.56 Å². The summed E-state index contributed by atoms with van der Waals surface area (Å²) >= 11 is 0. The Bertz CT molecular complexity index is 331. The molecule has 0 aromatic heterocycles. The van der Waals surface area contributed by atoms with Crippen LogP contribution in [0.1, 0.15) is 31.4 Å². The first-order valence-corrected chi connectivity index (χ1v) is 5.47. The highest BCUT2D eigenvalue weighted by Gasteiger charge is 2.09. The van der Waals surface area contributed by atoms with E-state index in [2.05, 4.69) is 0 Å². The highest BCUT2D eigenvalue weighted by molar-refractivity contribution is 5.30. The van der Waals surface area contributed by atoms with Gasteiger partial charge in [-0.3, -0.25) is 0 Å². The summed E-state index contributed by atoms with van der Waals surface area (Å²) < 4.78 is 18.6. The van der Waals surface area contributed by atoms with Crippen molar-refractivity contribution in [2.75, 3.05) is 13.2 Å². The zero-order valence-corrected chi connectivity index (χ0v) is 9.45. The number of rotatable bonds is 6. The molecule has 0 bridgehead atoms. The molecule has 0 saturated heterocycles. The number of nitrogens with two attached hydrogens (primary N) is 1. The predicted octanol–water partition coefficient (Wildman–Crippen LogP) is 2.00. The molecule has 90 valence electrons. The van der Waals surface area contributed by atoms with E-state index in [4.69, 9.17) is 15.6 Å². The molecule has 4 heteroatoms. The molecule has 3 nitrogen and oxygen atoms in total. The first kappa shape index (κ1) is 12.9. The van der Waals surface area contributed by atoms with Gasteiger partial charge < -0.3 is 15.6 Å². The normalized spacial score (nSPS) is 12.5. The van der Waals surface area contributed by atoms with Gasteiger partial charge in [0.2, 0.25) is 0 Å². The van der Waals surface area contributed by atoms with Crippen molar-refractivity contribution in [3.8, 4) is 5.75 Å². The van der Waals surface area contributed by atoms with E-state index in [0.29, 0.717) is 19.4 Å². The molecule has 1 atom stereocenters. The maximum atomic E-state index is 13.5. The van der Waals surface area contributed by atoms with E-state index < -0.39 is 5.82 Å². The number of aliphatic hydroxyl groups excluding tert-OH is 1. The van der Waals surface area contributed by atoms with E-state index in [1.54, 1.807) is 19.1 Å². The Morgan fingerprint density at radius 1 is 1.50 bits per heavy atom. The van der Waals surface area contributed by atoms with Crippen molar-refractivity contribution in [1.29, 1.82) is 0 Å². The number of hydrogen-bond acceptors (Lipinski definition) is 3. The fourth-order valence-corrected chi connectivity index (χ4v) is 1.50. The fraction of sp³-hybridized carbons (Fsp3) is 0.500. The van der Waals surface area contributed by atoms with Crippen molar-refractivity contribution in [3.63, 3.8) is 0 Å². The van der Waals surface area contributed by atoms with Crippen LogP contribution in [0.5, 0.6) is 5.75 Å². The summed E-state index contributed by atoms with van der Waals surface area (Å²) in [6.45, 7) is 2.35. The maximum Gasteiger partial charge on any atom is 0.165 e. The maximum absolute atomic E-state index is 13.5. The van der Waals surface area contributed by atoms with Crippen molar-refractivity contribution >= 4 is 0 Å². The third kappa shape index (κ3) is 3.47. The molecule has 1 aromatic carbocycles. The fourth-order valence-electron chi connectivity index (χ4n) is 1.50. The lowest BCUT2D eigenvalue weighted by Gasteiger charge is -2.12. The molecule has 1 aromatic rings. The molecule has 0 aliphatic carbocycles. The van der Waals surface area contributed by atoms with Crippen LogP contribution in [0.3, 0.4) is 0 Å². The monoisotopic (exact) mass is 227 g/mol. The van der Waals surface area contributed by atoms with Crippen molar-refractivity contribution in [3.05, 3.63) is 29.6 Å². The minimum Gasteiger partial charge on any atom is -0.491 e. The Labute approximate surface area is 95.0 Å². The second-order valence-electron chi connectivity index (χ2n) is 3.60. The van der Waals surface area contributed by atoms with Gasteiger partial charge in [-0.2, -0.15) is 0 Å². The van der Waals surface area contributed by atoms with Crippen molar-refractivity contribution in [2.24, 2.45) is 5.73 Å². The molecule has 3 N–H and O–H groups in total. The SMILES string of the molecule is CCOc1ccc(C(N)CCCO)cc1F. The van der Waals surface area contributed by atoms with Crippen LogP contribution in [0.15, 0.2) is 18.2 Å². The average molecular weight is 227 g/mol. The van der Waals surface area contributed by atoms with Crippen molar-refractivity contribution in [1.82, 2.24) is 0 Å². The van der Waals surface area contributed by atoms with Gasteiger partial charge in [0.15, 0.2) is 11.6 Å². The van der Waals surface area contributed by atoms with Gasteiger partial charge in [0, 0.05) is 12.6 Å². The Kier molecular flexibility index (Phi) is 5.22. The highest BCUT2D eigenvalue weighted by atomic mass is 19.1. The molecule has 0 heterocycles. The predicted molar refractivity (Wildman–Crippen MR) is 60.8 cm³/mol. The van der Waals surface area contributed by atoms with E-state index in [-0.39, 0.29) is 18.4 Å². The molecule has 0 fully saturated rings. The molecule has 1 unspecified atom stereocenters. The zero-order valence-electron chi connectivity index (χ0n) is 9.45. The third-order valence-corrected chi connectivity index (χ3v) is 2.36. The standard InChI is InChI=1S/C12H18FNO2/c1-2-16-12-6-5-9(8-10(12)13)11(14)4-3-7-15/h5-6,8,11,15H,2-4,7,14H2,1H3. The summed E-state index contributed by atoms with van der Waals surface area (Å²) in [5, 5.41) is 8.68. The summed E-state index contributed by atoms with van der Waals surface area (Å²) in [5.41, 5.74) is 6.59. The lowest BCUT2D eigenvalue weighted by atomic mass is 10.0. The van der Waals surface area contributed by atoms with Gasteiger partial charge in [-0.05, 0) is 37.5 Å². The van der Waals surface area contributed by atoms with Crippen LogP contribution in [0.2, 0.25) is 0 Å². The summed E-state index contributed by atoms with van der Waals surface area (Å²) in [5.74, 6) is -0.139. The summed E-state index contributed by atoms with van der Waals surface area (Å²) in [6.07, 6.45) is 1.26. The van der Waals surface area contributed by atoms with Crippen LogP contribution < -0.4 is 10.5 Å². The second-order valence-corrected chi connectivity index (χ2v) is 3.60. The summed E-state index contributed by atoms with van der Waals surface area (Å²) in [7, 11) is 0. The van der Waals surface area contributed by atoms with Crippen LogP contribution in [0, 0.1) is 5.82 Å². The van der Waals surface area contributed by atoms with Crippen LogP contribution in [-0.2, 0) is 0 Å². The van der Waals surface area contributed by atoms with E-state index >= 15 is 0 Å². The van der Waals surface area contributed by atoms with Gasteiger partial charge in [0.25, 0.3) is 0 Å². The number of benzene rings is 1. The molecule has 0 saturated carbocycles. The van der Waals surface area contributed by atoms with Gasteiger partial charge in [0.1, 0.15) is 0 Å². The smallest absolute Gasteiger partial charge is 0.165 e. The first-order valence-electron chi connectivity index (χ1n) is 5.47. The molecule has 16 heavy (non-hydrogen) atoms. The second kappa shape index (κ2) is 6.45. The molecule has 0 spiro atoms. The zero-order chi connectivity index (χ0) is 12.0. The largest absolute Gasteiger partial charge is 0.491 e. The quantitative estimate of drug-likeness (QED) is 0.781. The van der Waals surface area contributed by atoms with E-state index in [1.807, 2.05) is 0 Å². The van der Waals surface area contributed by atoms with Crippen LogP contribution in [0.4, 0.5) is 4.39 Å². The third-order valence-electron chi connectivity index (χ3n) is 2.36. The summed E-state index contributed by atoms with van der Waals surface area (Å²) in [4.78, 5) is 0. The minimum absolute atomic E-state index is 0.104. The molecular weight excluding hydrogens is 209 g/mol. The lowest BCUT2D eigenvalue weighted by molar-refractivity contribution is 0.279. The summed E-state index contributed by atoms with van der Waals surface area (Å²) in [6, 6.07) is 4.51. The van der Waals surface area contributed by atoms with Crippen LogP contribution in [-0.4, -0.2) is 18.3 Å². The van der Waals surface area contributed by atoms with E-state index in [9.17, 15) is 4.39 Å². The topological polar surface area (TPSA) is 55.5 Å². The lowest BCUT2D eigenvalue weighted by Crippen LogP contribution is -2.11. The van der Waals surface area contributed by atoms with E-state index in [1.165, 1.54) is 6.07 Å². The molecule has 1 rings (SSSR count). The minimum atomic E-state index is -0.390. The number of hydrogen-bond donors (Lipinski definition) is 2. The first-order chi connectivity index (χ1) is 7.69. The average Bonchev–Trinajstić information content (AvgIpc) is 2.29. The highest BCUT2D eigenvalue weighted by Crippen LogP contribution is 2.23. The van der Waals surface area contributed by atoms with Gasteiger partial charge in [-0.1, -0.05) is 6.07 Å². The molecule has 0 aliphatic heterocycles. The Balaban J connectivity index is 2.71. The number of ether oxygens (including phenoxy) is 1. The van der Waals surface area contributed by atoms with Gasteiger partial charge >= 0.3 is 0 Å². The Morgan fingerprint density at radius 2 is 2.25 bits per heavy atom. The van der Waals surface area contributed by atoms with Gasteiger partial charge in [0.05, 0.1) is 6.61 Å². The van der Waals surface area contributed by atoms with Crippen LogP contribution in [0.25, 0.3) is 0 Å².